The molecule has 8 heteroatoms. The minimum absolute atomic E-state index is 0.133. The first-order valence-electron chi connectivity index (χ1n) is 8.98. The van der Waals surface area contributed by atoms with Crippen molar-refractivity contribution in [2.45, 2.75) is 19.8 Å². The van der Waals surface area contributed by atoms with Crippen molar-refractivity contribution in [3.63, 3.8) is 0 Å². The number of amides is 2. The SMILES string of the molecule is CC1CS(=O)(=O)N(c2ccc(Cl)c(C(=O)NCCCc3ccccc3)c2)C1=O. The number of halogens is 1. The van der Waals surface area contributed by atoms with E-state index in [2.05, 4.69) is 5.32 Å². The molecule has 3 rings (SSSR count). The largest absolute Gasteiger partial charge is 0.352 e. The topological polar surface area (TPSA) is 83.6 Å². The lowest BCUT2D eigenvalue weighted by atomic mass is 10.1. The maximum atomic E-state index is 12.5. The normalized spacial score (nSPS) is 18.3. The molecule has 0 bridgehead atoms. The van der Waals surface area contributed by atoms with Gasteiger partial charge in [0.1, 0.15) is 0 Å². The molecule has 2 aromatic rings. The van der Waals surface area contributed by atoms with Gasteiger partial charge in [-0.2, -0.15) is 0 Å². The maximum absolute atomic E-state index is 12.5. The Kier molecular flexibility index (Phi) is 6.05. The zero-order valence-corrected chi connectivity index (χ0v) is 17.0. The van der Waals surface area contributed by atoms with E-state index in [0.717, 1.165) is 17.1 Å². The van der Waals surface area contributed by atoms with Crippen LogP contribution in [0.15, 0.2) is 48.5 Å². The third-order valence-corrected chi connectivity index (χ3v) is 6.76. The Morgan fingerprint density at radius 1 is 1.21 bits per heavy atom. The van der Waals surface area contributed by atoms with Crippen LogP contribution >= 0.6 is 11.6 Å². The molecule has 2 amide bonds. The molecule has 0 spiro atoms. The second-order valence-electron chi connectivity index (χ2n) is 6.79. The van der Waals surface area contributed by atoms with E-state index in [9.17, 15) is 18.0 Å². The van der Waals surface area contributed by atoms with Crippen LogP contribution in [-0.2, 0) is 21.2 Å². The second-order valence-corrected chi connectivity index (χ2v) is 9.06. The summed E-state index contributed by atoms with van der Waals surface area (Å²) in [5, 5.41) is 2.99. The molecule has 1 fully saturated rings. The van der Waals surface area contributed by atoms with Crippen LogP contribution in [0.2, 0.25) is 5.02 Å². The standard InChI is InChI=1S/C20H21ClN2O4S/c1-14-13-28(26,27)23(20(14)25)16-9-10-18(21)17(12-16)19(24)22-11-5-8-15-6-3-2-4-7-15/h2-4,6-7,9-10,12,14H,5,8,11,13H2,1H3,(H,22,24). The van der Waals surface area contributed by atoms with Crippen LogP contribution in [0.4, 0.5) is 5.69 Å². The van der Waals surface area contributed by atoms with Gasteiger partial charge in [-0.25, -0.2) is 12.7 Å². The van der Waals surface area contributed by atoms with E-state index in [-0.39, 0.29) is 22.0 Å². The van der Waals surface area contributed by atoms with Crippen molar-refractivity contribution in [1.29, 1.82) is 0 Å². The summed E-state index contributed by atoms with van der Waals surface area (Å²) in [6.45, 7) is 2.02. The summed E-state index contributed by atoms with van der Waals surface area (Å²) in [6.07, 6.45) is 1.58. The minimum atomic E-state index is -3.74. The van der Waals surface area contributed by atoms with Gasteiger partial charge in [-0.05, 0) is 36.6 Å². The fourth-order valence-electron chi connectivity index (χ4n) is 3.13. The first kappa shape index (κ1) is 20.4. The summed E-state index contributed by atoms with van der Waals surface area (Å²) in [5.41, 5.74) is 1.46. The number of rotatable bonds is 6. The lowest BCUT2D eigenvalue weighted by molar-refractivity contribution is -0.119. The molecule has 28 heavy (non-hydrogen) atoms. The maximum Gasteiger partial charge on any atom is 0.252 e. The van der Waals surface area contributed by atoms with Gasteiger partial charge >= 0.3 is 0 Å². The Hall–Kier alpha value is -2.38. The van der Waals surface area contributed by atoms with E-state index in [1.807, 2.05) is 30.3 Å². The lowest BCUT2D eigenvalue weighted by Gasteiger charge is -2.17. The van der Waals surface area contributed by atoms with Crippen LogP contribution in [0.3, 0.4) is 0 Å². The van der Waals surface area contributed by atoms with E-state index in [1.165, 1.54) is 23.8 Å². The zero-order valence-electron chi connectivity index (χ0n) is 15.4. The quantitative estimate of drug-likeness (QED) is 0.728. The van der Waals surface area contributed by atoms with Crippen LogP contribution in [0.1, 0.15) is 29.3 Å². The second kappa shape index (κ2) is 8.32. The molecule has 1 atom stereocenters. The van der Waals surface area contributed by atoms with Crippen LogP contribution in [-0.4, -0.2) is 32.5 Å². The van der Waals surface area contributed by atoms with Crippen LogP contribution in [0.25, 0.3) is 0 Å². The van der Waals surface area contributed by atoms with E-state index in [4.69, 9.17) is 11.6 Å². The van der Waals surface area contributed by atoms with Gasteiger partial charge in [0, 0.05) is 6.54 Å². The molecule has 1 heterocycles. The third kappa shape index (κ3) is 4.36. The van der Waals surface area contributed by atoms with Gasteiger partial charge in [0.15, 0.2) is 0 Å². The number of nitrogens with zero attached hydrogens (tertiary/aromatic N) is 1. The van der Waals surface area contributed by atoms with Crippen molar-refractivity contribution in [3.8, 4) is 0 Å². The van der Waals surface area contributed by atoms with Gasteiger partial charge in [0.05, 0.1) is 27.9 Å². The van der Waals surface area contributed by atoms with Crippen LogP contribution < -0.4 is 9.62 Å². The summed E-state index contributed by atoms with van der Waals surface area (Å²) in [5.74, 6) is -1.76. The molecule has 1 unspecified atom stereocenters. The first-order valence-corrected chi connectivity index (χ1v) is 11.0. The Morgan fingerprint density at radius 3 is 2.57 bits per heavy atom. The number of carbonyl (C=O) groups is 2. The van der Waals surface area contributed by atoms with Crippen LogP contribution in [0.5, 0.6) is 0 Å². The summed E-state index contributed by atoms with van der Waals surface area (Å²) in [7, 11) is -3.74. The number of hydrogen-bond acceptors (Lipinski definition) is 4. The van der Waals surface area contributed by atoms with Gasteiger partial charge in [0.2, 0.25) is 15.9 Å². The molecular weight excluding hydrogens is 400 g/mol. The highest BCUT2D eigenvalue weighted by Crippen LogP contribution is 2.31. The highest BCUT2D eigenvalue weighted by Gasteiger charge is 2.42. The Morgan fingerprint density at radius 2 is 1.93 bits per heavy atom. The highest BCUT2D eigenvalue weighted by atomic mass is 35.5. The van der Waals surface area contributed by atoms with Gasteiger partial charge in [-0.3, -0.25) is 9.59 Å². The molecule has 0 aromatic heterocycles. The number of aryl methyl sites for hydroxylation is 1. The molecule has 0 radical (unpaired) electrons. The van der Waals surface area contributed by atoms with Gasteiger partial charge in [0.25, 0.3) is 5.91 Å². The molecule has 1 N–H and O–H groups in total. The van der Waals surface area contributed by atoms with Gasteiger partial charge in [-0.1, -0.05) is 48.9 Å². The van der Waals surface area contributed by atoms with Crippen molar-refractivity contribution < 1.29 is 18.0 Å². The highest BCUT2D eigenvalue weighted by molar-refractivity contribution is 7.94. The van der Waals surface area contributed by atoms with Crippen molar-refractivity contribution in [1.82, 2.24) is 5.32 Å². The molecule has 6 nitrogen and oxygen atoms in total. The van der Waals surface area contributed by atoms with Gasteiger partial charge in [-0.15, -0.1) is 0 Å². The fraction of sp³-hybridized carbons (Fsp3) is 0.300. The average molecular weight is 421 g/mol. The average Bonchev–Trinajstić information content (AvgIpc) is 2.87. The molecule has 0 aliphatic carbocycles. The van der Waals surface area contributed by atoms with E-state index in [0.29, 0.717) is 6.54 Å². The molecule has 0 saturated carbocycles. The third-order valence-electron chi connectivity index (χ3n) is 4.56. The molecule has 1 saturated heterocycles. The van der Waals surface area contributed by atoms with E-state index >= 15 is 0 Å². The molecule has 1 aliphatic rings. The Bertz CT molecular complexity index is 993. The number of nitrogens with one attached hydrogen (secondary N) is 1. The summed E-state index contributed by atoms with van der Waals surface area (Å²) < 4.78 is 25.3. The smallest absolute Gasteiger partial charge is 0.252 e. The van der Waals surface area contributed by atoms with Crippen molar-refractivity contribution in [2.75, 3.05) is 16.6 Å². The van der Waals surface area contributed by atoms with Crippen molar-refractivity contribution in [2.24, 2.45) is 5.92 Å². The summed E-state index contributed by atoms with van der Waals surface area (Å²) in [6, 6.07) is 14.1. The fourth-order valence-corrected chi connectivity index (χ4v) is 5.15. The van der Waals surface area contributed by atoms with Gasteiger partial charge < -0.3 is 5.32 Å². The molecule has 2 aromatic carbocycles. The predicted octanol–water partition coefficient (Wildman–Crippen LogP) is 3.02. The number of hydrogen-bond donors (Lipinski definition) is 1. The monoisotopic (exact) mass is 420 g/mol. The number of carbonyl (C=O) groups excluding carboxylic acids is 2. The van der Waals surface area contributed by atoms with E-state index < -0.39 is 27.8 Å². The zero-order chi connectivity index (χ0) is 20.3. The number of benzene rings is 2. The minimum Gasteiger partial charge on any atom is -0.352 e. The summed E-state index contributed by atoms with van der Waals surface area (Å²) >= 11 is 6.13. The molecule has 148 valence electrons. The van der Waals surface area contributed by atoms with Crippen molar-refractivity contribution >= 4 is 39.1 Å². The van der Waals surface area contributed by atoms with Crippen molar-refractivity contribution in [3.05, 3.63) is 64.7 Å². The summed E-state index contributed by atoms with van der Waals surface area (Å²) in [4.78, 5) is 24.7. The Balaban J connectivity index is 1.69. The lowest BCUT2D eigenvalue weighted by Crippen LogP contribution is -2.31. The van der Waals surface area contributed by atoms with E-state index in [1.54, 1.807) is 6.92 Å². The molecule has 1 aliphatic heterocycles. The number of anilines is 1. The van der Waals surface area contributed by atoms with Crippen LogP contribution in [0, 0.1) is 5.92 Å². The Labute approximate surface area is 169 Å². The first-order chi connectivity index (χ1) is 13.3. The predicted molar refractivity (Wildman–Crippen MR) is 109 cm³/mol. The number of sulfonamides is 1. The molecular formula is C20H21ClN2O4S.